The first-order valence-corrected chi connectivity index (χ1v) is 8.62. The van der Waals surface area contributed by atoms with E-state index >= 15 is 0 Å². The Morgan fingerprint density at radius 1 is 1.24 bits per heavy atom. The van der Waals surface area contributed by atoms with Gasteiger partial charge in [0.05, 0.1) is 24.1 Å². The third-order valence-corrected chi connectivity index (χ3v) is 4.47. The lowest BCUT2D eigenvalue weighted by molar-refractivity contribution is 0.102. The van der Waals surface area contributed by atoms with Gasteiger partial charge >= 0.3 is 0 Å². The second-order valence-electron chi connectivity index (χ2n) is 5.36. The van der Waals surface area contributed by atoms with Crippen LogP contribution in [0.2, 0.25) is 5.02 Å². The van der Waals surface area contributed by atoms with E-state index in [1.54, 1.807) is 48.2 Å². The second kappa shape index (κ2) is 7.29. The van der Waals surface area contributed by atoms with Gasteiger partial charge in [0.2, 0.25) is 0 Å². The summed E-state index contributed by atoms with van der Waals surface area (Å²) < 4.78 is 7.51. The van der Waals surface area contributed by atoms with E-state index in [1.165, 1.54) is 0 Å². The molecule has 0 aliphatic heterocycles. The fourth-order valence-electron chi connectivity index (χ4n) is 2.38. The Kier molecular flexibility index (Phi) is 5.11. The molecule has 128 valence electrons. The van der Waals surface area contributed by atoms with Crippen molar-refractivity contribution in [2.24, 2.45) is 0 Å². The predicted molar refractivity (Wildman–Crippen MR) is 102 cm³/mol. The van der Waals surface area contributed by atoms with Crippen molar-refractivity contribution < 1.29 is 9.53 Å². The van der Waals surface area contributed by atoms with Crippen LogP contribution in [-0.2, 0) is 0 Å². The zero-order valence-corrected chi connectivity index (χ0v) is 15.9. The number of carbonyl (C=O) groups excluding carboxylic acids is 1. The summed E-state index contributed by atoms with van der Waals surface area (Å²) in [5.74, 6) is 0.890. The molecular formula is C18H15BrClN3O2. The highest BCUT2D eigenvalue weighted by Crippen LogP contribution is 2.25. The number of amides is 1. The van der Waals surface area contributed by atoms with Crippen LogP contribution < -0.4 is 10.1 Å². The number of nitrogens with one attached hydrogen (secondary N) is 1. The molecular weight excluding hydrogens is 406 g/mol. The molecule has 0 fully saturated rings. The predicted octanol–water partition coefficient (Wildman–Crippen LogP) is 4.86. The molecule has 0 unspecified atom stereocenters. The summed E-state index contributed by atoms with van der Waals surface area (Å²) in [6.45, 7) is 1.86. The maximum absolute atomic E-state index is 12.7. The largest absolute Gasteiger partial charge is 0.497 e. The molecule has 0 spiro atoms. The van der Waals surface area contributed by atoms with E-state index in [9.17, 15) is 4.79 Å². The van der Waals surface area contributed by atoms with Crippen molar-refractivity contribution in [3.63, 3.8) is 0 Å². The Balaban J connectivity index is 1.95. The Labute approximate surface area is 158 Å². The summed E-state index contributed by atoms with van der Waals surface area (Å²) >= 11 is 9.46. The zero-order chi connectivity index (χ0) is 18.0. The lowest BCUT2D eigenvalue weighted by Crippen LogP contribution is -2.15. The molecule has 0 saturated carbocycles. The van der Waals surface area contributed by atoms with E-state index in [0.29, 0.717) is 26.6 Å². The summed E-state index contributed by atoms with van der Waals surface area (Å²) in [7, 11) is 1.56. The number of anilines is 1. The van der Waals surface area contributed by atoms with Crippen LogP contribution in [0, 0.1) is 6.92 Å². The van der Waals surface area contributed by atoms with Crippen molar-refractivity contribution in [2.45, 2.75) is 6.92 Å². The topological polar surface area (TPSA) is 56.1 Å². The normalized spacial score (nSPS) is 10.6. The number of methoxy groups -OCH3 is 1. The lowest BCUT2D eigenvalue weighted by atomic mass is 10.2. The number of aromatic nitrogens is 2. The van der Waals surface area contributed by atoms with Crippen molar-refractivity contribution in [3.05, 3.63) is 69.3 Å². The molecule has 0 atom stereocenters. The van der Waals surface area contributed by atoms with Gasteiger partial charge in [0, 0.05) is 15.6 Å². The van der Waals surface area contributed by atoms with Crippen LogP contribution in [-0.4, -0.2) is 22.8 Å². The number of rotatable bonds is 4. The molecule has 5 nitrogen and oxygen atoms in total. The van der Waals surface area contributed by atoms with E-state index in [-0.39, 0.29) is 5.91 Å². The van der Waals surface area contributed by atoms with Crippen LogP contribution in [0.3, 0.4) is 0 Å². The lowest BCUT2D eigenvalue weighted by Gasteiger charge is -2.11. The molecule has 1 aromatic heterocycles. The van der Waals surface area contributed by atoms with Crippen LogP contribution in [0.15, 0.2) is 53.0 Å². The molecule has 2 aromatic carbocycles. The van der Waals surface area contributed by atoms with Gasteiger partial charge in [0.25, 0.3) is 5.91 Å². The van der Waals surface area contributed by atoms with Gasteiger partial charge in [-0.1, -0.05) is 17.7 Å². The molecule has 1 heterocycles. The molecule has 1 amide bonds. The molecule has 0 radical (unpaired) electrons. The third-order valence-electron chi connectivity index (χ3n) is 3.54. The maximum atomic E-state index is 12.7. The van der Waals surface area contributed by atoms with E-state index < -0.39 is 0 Å². The van der Waals surface area contributed by atoms with Gasteiger partial charge in [-0.2, -0.15) is 5.10 Å². The molecule has 1 N–H and O–H groups in total. The summed E-state index contributed by atoms with van der Waals surface area (Å²) in [5.41, 5.74) is 2.01. The van der Waals surface area contributed by atoms with Gasteiger partial charge in [0.1, 0.15) is 11.6 Å². The Bertz CT molecular complexity index is 940. The van der Waals surface area contributed by atoms with Gasteiger partial charge in [0.15, 0.2) is 0 Å². The smallest absolute Gasteiger partial charge is 0.258 e. The highest BCUT2D eigenvalue weighted by atomic mass is 79.9. The standard InChI is InChI=1S/C18H15BrClN3O2/c1-11-8-17(23(22-11)13-5-3-4-12(20)9-13)21-18(24)15-10-14(25-2)6-7-16(15)19/h3-10H,1-2H3,(H,21,24). The highest BCUT2D eigenvalue weighted by Gasteiger charge is 2.15. The second-order valence-corrected chi connectivity index (χ2v) is 6.65. The van der Waals surface area contributed by atoms with E-state index in [4.69, 9.17) is 16.3 Å². The van der Waals surface area contributed by atoms with Gasteiger partial charge in [-0.15, -0.1) is 0 Å². The Hall–Kier alpha value is -2.31. The minimum Gasteiger partial charge on any atom is -0.497 e. The van der Waals surface area contributed by atoms with E-state index in [0.717, 1.165) is 11.4 Å². The minimum absolute atomic E-state index is 0.269. The maximum Gasteiger partial charge on any atom is 0.258 e. The summed E-state index contributed by atoms with van der Waals surface area (Å²) in [4.78, 5) is 12.7. The first kappa shape index (κ1) is 17.5. The number of hydrogen-bond acceptors (Lipinski definition) is 3. The zero-order valence-electron chi connectivity index (χ0n) is 13.6. The minimum atomic E-state index is -0.269. The monoisotopic (exact) mass is 419 g/mol. The van der Waals surface area contributed by atoms with E-state index in [1.807, 2.05) is 19.1 Å². The van der Waals surface area contributed by atoms with Crippen LogP contribution in [0.5, 0.6) is 5.75 Å². The molecule has 0 bridgehead atoms. The molecule has 3 aromatic rings. The number of aryl methyl sites for hydroxylation is 1. The van der Waals surface area contributed by atoms with Gasteiger partial charge in [-0.25, -0.2) is 4.68 Å². The van der Waals surface area contributed by atoms with E-state index in [2.05, 4.69) is 26.3 Å². The number of hydrogen-bond donors (Lipinski definition) is 1. The number of halogens is 2. The Morgan fingerprint density at radius 2 is 2.04 bits per heavy atom. The SMILES string of the molecule is COc1ccc(Br)c(C(=O)Nc2cc(C)nn2-c2cccc(Cl)c2)c1. The summed E-state index contributed by atoms with van der Waals surface area (Å²) in [6, 6.07) is 14.3. The molecule has 0 aliphatic rings. The molecule has 0 saturated heterocycles. The quantitative estimate of drug-likeness (QED) is 0.656. The van der Waals surface area contributed by atoms with Gasteiger partial charge in [-0.3, -0.25) is 4.79 Å². The van der Waals surface area contributed by atoms with Crippen molar-refractivity contribution in [1.82, 2.24) is 9.78 Å². The first-order valence-electron chi connectivity index (χ1n) is 7.45. The van der Waals surface area contributed by atoms with Crippen molar-refractivity contribution in [2.75, 3.05) is 12.4 Å². The average molecular weight is 421 g/mol. The van der Waals surface area contributed by atoms with Gasteiger partial charge < -0.3 is 10.1 Å². The van der Waals surface area contributed by atoms with Crippen LogP contribution in [0.25, 0.3) is 5.69 Å². The number of ether oxygens (including phenoxy) is 1. The highest BCUT2D eigenvalue weighted by molar-refractivity contribution is 9.10. The van der Waals surface area contributed by atoms with Crippen LogP contribution in [0.4, 0.5) is 5.82 Å². The van der Waals surface area contributed by atoms with Crippen molar-refractivity contribution in [3.8, 4) is 11.4 Å². The fraction of sp³-hybridized carbons (Fsp3) is 0.111. The average Bonchev–Trinajstić information content (AvgIpc) is 2.95. The van der Waals surface area contributed by atoms with Crippen LogP contribution in [0.1, 0.15) is 16.1 Å². The van der Waals surface area contributed by atoms with Crippen molar-refractivity contribution >= 4 is 39.3 Å². The Morgan fingerprint density at radius 3 is 2.76 bits per heavy atom. The molecule has 7 heteroatoms. The van der Waals surface area contributed by atoms with Gasteiger partial charge in [-0.05, 0) is 59.3 Å². The summed E-state index contributed by atoms with van der Waals surface area (Å²) in [5, 5.41) is 7.92. The summed E-state index contributed by atoms with van der Waals surface area (Å²) in [6.07, 6.45) is 0. The van der Waals surface area contributed by atoms with Crippen molar-refractivity contribution in [1.29, 1.82) is 0 Å². The first-order chi connectivity index (χ1) is 12.0. The molecule has 0 aliphatic carbocycles. The fourth-order valence-corrected chi connectivity index (χ4v) is 2.99. The number of nitrogens with zero attached hydrogens (tertiary/aromatic N) is 2. The molecule has 3 rings (SSSR count). The molecule has 25 heavy (non-hydrogen) atoms. The third kappa shape index (κ3) is 3.86. The van der Waals surface area contributed by atoms with Crippen LogP contribution >= 0.6 is 27.5 Å². The number of carbonyl (C=O) groups is 1. The number of benzene rings is 2.